The van der Waals surface area contributed by atoms with Crippen LogP contribution < -0.4 is 0 Å². The molecule has 136 valence electrons. The van der Waals surface area contributed by atoms with Gasteiger partial charge in [0.15, 0.2) is 0 Å². The van der Waals surface area contributed by atoms with Gasteiger partial charge in [-0.25, -0.2) is 4.39 Å². The number of hydrogen-bond donors (Lipinski definition) is 0. The summed E-state index contributed by atoms with van der Waals surface area (Å²) in [5.41, 5.74) is 2.55. The molecule has 0 spiro atoms. The highest BCUT2D eigenvalue weighted by atomic mass is 19.1. The van der Waals surface area contributed by atoms with Crippen molar-refractivity contribution < 1.29 is 14.0 Å². The fraction of sp³-hybridized carbons (Fsp3) is 0.333. The molecule has 0 aliphatic carbocycles. The number of nitrogens with zero attached hydrogens (tertiary/aromatic N) is 2. The molecular weight excluding hydrogens is 331 g/mol. The van der Waals surface area contributed by atoms with Gasteiger partial charge in [0.25, 0.3) is 5.91 Å². The molecule has 0 atom stereocenters. The predicted octanol–water partition coefficient (Wildman–Crippen LogP) is 3.05. The van der Waals surface area contributed by atoms with Crippen LogP contribution in [0.1, 0.15) is 27.9 Å². The Hall–Kier alpha value is -2.69. The molecule has 0 saturated carbocycles. The van der Waals surface area contributed by atoms with E-state index in [-0.39, 0.29) is 24.1 Å². The Balaban J connectivity index is 1.59. The number of hydrogen-bond acceptors (Lipinski definition) is 2. The van der Waals surface area contributed by atoms with Gasteiger partial charge in [-0.15, -0.1) is 0 Å². The van der Waals surface area contributed by atoms with Gasteiger partial charge in [0.2, 0.25) is 5.91 Å². The summed E-state index contributed by atoms with van der Waals surface area (Å²) in [5.74, 6) is -0.274. The molecule has 0 aromatic heterocycles. The highest BCUT2D eigenvalue weighted by Crippen LogP contribution is 2.12. The molecule has 0 bridgehead atoms. The third-order valence-corrected chi connectivity index (χ3v) is 4.67. The van der Waals surface area contributed by atoms with Crippen LogP contribution in [0.15, 0.2) is 48.5 Å². The van der Waals surface area contributed by atoms with Crippen molar-refractivity contribution in [2.75, 3.05) is 26.2 Å². The van der Waals surface area contributed by atoms with Gasteiger partial charge < -0.3 is 9.80 Å². The van der Waals surface area contributed by atoms with Crippen LogP contribution in [-0.4, -0.2) is 47.8 Å². The van der Waals surface area contributed by atoms with E-state index in [0.29, 0.717) is 31.7 Å². The average Bonchev–Trinajstić information content (AvgIpc) is 2.89. The van der Waals surface area contributed by atoms with E-state index in [4.69, 9.17) is 0 Å². The molecule has 4 nitrogen and oxygen atoms in total. The number of carbonyl (C=O) groups is 2. The maximum atomic E-state index is 13.0. The van der Waals surface area contributed by atoms with E-state index in [1.807, 2.05) is 36.1 Å². The molecule has 1 saturated heterocycles. The minimum absolute atomic E-state index is 0.0152. The van der Waals surface area contributed by atoms with Gasteiger partial charge in [0.05, 0.1) is 6.42 Å². The van der Waals surface area contributed by atoms with Gasteiger partial charge in [-0.2, -0.15) is 0 Å². The number of amides is 2. The zero-order chi connectivity index (χ0) is 18.5. The van der Waals surface area contributed by atoms with Gasteiger partial charge in [0.1, 0.15) is 5.82 Å². The van der Waals surface area contributed by atoms with E-state index >= 15 is 0 Å². The molecule has 1 aliphatic rings. The Morgan fingerprint density at radius 2 is 1.65 bits per heavy atom. The van der Waals surface area contributed by atoms with Gasteiger partial charge in [-0.05, 0) is 43.2 Å². The Labute approximate surface area is 153 Å². The SMILES string of the molecule is Cc1cccc(C(=O)N2CCCN(C(=O)Cc3ccc(F)cc3)CC2)c1. The van der Waals surface area contributed by atoms with Gasteiger partial charge in [-0.1, -0.05) is 29.8 Å². The maximum absolute atomic E-state index is 13.0. The number of halogens is 1. The first kappa shape index (κ1) is 18.1. The van der Waals surface area contributed by atoms with Gasteiger partial charge in [0, 0.05) is 31.7 Å². The Bertz CT molecular complexity index is 789. The van der Waals surface area contributed by atoms with Crippen molar-refractivity contribution in [3.8, 4) is 0 Å². The minimum atomic E-state index is -0.304. The molecule has 2 aromatic carbocycles. The van der Waals surface area contributed by atoms with Crippen LogP contribution in [-0.2, 0) is 11.2 Å². The second kappa shape index (κ2) is 8.13. The highest BCUT2D eigenvalue weighted by molar-refractivity contribution is 5.94. The quantitative estimate of drug-likeness (QED) is 0.850. The number of rotatable bonds is 3. The molecule has 26 heavy (non-hydrogen) atoms. The smallest absolute Gasteiger partial charge is 0.253 e. The molecule has 1 heterocycles. The molecule has 0 N–H and O–H groups in total. The summed E-state index contributed by atoms with van der Waals surface area (Å²) in [6, 6.07) is 13.6. The van der Waals surface area contributed by atoms with Crippen molar-refractivity contribution in [2.24, 2.45) is 0 Å². The number of aryl methyl sites for hydroxylation is 1. The van der Waals surface area contributed by atoms with Crippen molar-refractivity contribution >= 4 is 11.8 Å². The molecule has 0 radical (unpaired) electrons. The van der Waals surface area contributed by atoms with Gasteiger partial charge >= 0.3 is 0 Å². The highest BCUT2D eigenvalue weighted by Gasteiger charge is 2.23. The standard InChI is InChI=1S/C21H23FN2O2/c1-16-4-2-5-18(14-16)21(26)24-11-3-10-23(12-13-24)20(25)15-17-6-8-19(22)9-7-17/h2,4-9,14H,3,10-13,15H2,1H3. The third-order valence-electron chi connectivity index (χ3n) is 4.67. The van der Waals surface area contributed by atoms with E-state index in [1.54, 1.807) is 17.0 Å². The Morgan fingerprint density at radius 1 is 0.962 bits per heavy atom. The zero-order valence-corrected chi connectivity index (χ0v) is 15.0. The Morgan fingerprint density at radius 3 is 2.38 bits per heavy atom. The van der Waals surface area contributed by atoms with Crippen LogP contribution in [0.5, 0.6) is 0 Å². The van der Waals surface area contributed by atoms with E-state index < -0.39 is 0 Å². The summed E-state index contributed by atoms with van der Waals surface area (Å²) >= 11 is 0. The van der Waals surface area contributed by atoms with Crippen LogP contribution in [0.3, 0.4) is 0 Å². The van der Waals surface area contributed by atoms with E-state index in [9.17, 15) is 14.0 Å². The van der Waals surface area contributed by atoms with Crippen LogP contribution >= 0.6 is 0 Å². The topological polar surface area (TPSA) is 40.6 Å². The first-order valence-electron chi connectivity index (χ1n) is 8.91. The monoisotopic (exact) mass is 354 g/mol. The van der Waals surface area contributed by atoms with Crippen LogP contribution in [0.2, 0.25) is 0 Å². The molecule has 3 rings (SSSR count). The average molecular weight is 354 g/mol. The lowest BCUT2D eigenvalue weighted by Gasteiger charge is -2.22. The zero-order valence-electron chi connectivity index (χ0n) is 15.0. The minimum Gasteiger partial charge on any atom is -0.341 e. The van der Waals surface area contributed by atoms with Crippen molar-refractivity contribution in [2.45, 2.75) is 19.8 Å². The second-order valence-corrected chi connectivity index (χ2v) is 6.70. The summed E-state index contributed by atoms with van der Waals surface area (Å²) in [7, 11) is 0. The first-order valence-corrected chi connectivity index (χ1v) is 8.91. The summed E-state index contributed by atoms with van der Waals surface area (Å²) in [6.07, 6.45) is 1.01. The summed E-state index contributed by atoms with van der Waals surface area (Å²) in [6.45, 7) is 4.30. The number of benzene rings is 2. The van der Waals surface area contributed by atoms with Crippen LogP contribution in [0.25, 0.3) is 0 Å². The molecular formula is C21H23FN2O2. The summed E-state index contributed by atoms with van der Waals surface area (Å²) in [4.78, 5) is 28.8. The lowest BCUT2D eigenvalue weighted by atomic mass is 10.1. The molecule has 2 aromatic rings. The molecule has 1 aliphatic heterocycles. The van der Waals surface area contributed by atoms with Crippen molar-refractivity contribution in [3.63, 3.8) is 0 Å². The van der Waals surface area contributed by atoms with Crippen molar-refractivity contribution in [1.82, 2.24) is 9.80 Å². The van der Waals surface area contributed by atoms with Crippen LogP contribution in [0.4, 0.5) is 4.39 Å². The molecule has 2 amide bonds. The lowest BCUT2D eigenvalue weighted by Crippen LogP contribution is -2.38. The summed E-state index contributed by atoms with van der Waals surface area (Å²) in [5, 5.41) is 0. The van der Waals surface area contributed by atoms with E-state index in [0.717, 1.165) is 17.5 Å². The number of carbonyl (C=O) groups excluding carboxylic acids is 2. The van der Waals surface area contributed by atoms with E-state index in [1.165, 1.54) is 12.1 Å². The second-order valence-electron chi connectivity index (χ2n) is 6.70. The van der Waals surface area contributed by atoms with E-state index in [2.05, 4.69) is 0 Å². The lowest BCUT2D eigenvalue weighted by molar-refractivity contribution is -0.130. The van der Waals surface area contributed by atoms with Crippen LogP contribution in [0, 0.1) is 12.7 Å². The molecule has 0 unspecified atom stereocenters. The maximum Gasteiger partial charge on any atom is 0.253 e. The predicted molar refractivity (Wildman–Crippen MR) is 98.4 cm³/mol. The van der Waals surface area contributed by atoms with Crippen molar-refractivity contribution in [1.29, 1.82) is 0 Å². The third kappa shape index (κ3) is 4.48. The normalized spacial score (nSPS) is 14.8. The molecule has 1 fully saturated rings. The summed E-state index contributed by atoms with van der Waals surface area (Å²) < 4.78 is 13.0. The van der Waals surface area contributed by atoms with Crippen molar-refractivity contribution in [3.05, 3.63) is 71.0 Å². The Kier molecular flexibility index (Phi) is 5.66. The van der Waals surface area contributed by atoms with Gasteiger partial charge in [-0.3, -0.25) is 9.59 Å². The fourth-order valence-electron chi connectivity index (χ4n) is 3.22. The molecule has 5 heteroatoms. The fourth-order valence-corrected chi connectivity index (χ4v) is 3.22. The largest absolute Gasteiger partial charge is 0.341 e. The first-order chi connectivity index (χ1) is 12.5.